The first kappa shape index (κ1) is 26.8. The van der Waals surface area contributed by atoms with Crippen molar-refractivity contribution in [3.63, 3.8) is 0 Å². The van der Waals surface area contributed by atoms with Crippen LogP contribution in [-0.2, 0) is 23.0 Å². The molecule has 0 bridgehead atoms. The lowest BCUT2D eigenvalue weighted by atomic mass is 9.98. The van der Waals surface area contributed by atoms with Crippen molar-refractivity contribution in [2.75, 3.05) is 48.8 Å². The number of piperazine rings is 1. The van der Waals surface area contributed by atoms with E-state index in [0.717, 1.165) is 58.9 Å². The Morgan fingerprint density at radius 1 is 0.925 bits per heavy atom. The zero-order valence-electron chi connectivity index (χ0n) is 24.0. The van der Waals surface area contributed by atoms with Gasteiger partial charge in [-0.25, -0.2) is 18.4 Å². The summed E-state index contributed by atoms with van der Waals surface area (Å²) in [5.41, 5.74) is 9.38. The van der Waals surface area contributed by atoms with Crippen molar-refractivity contribution in [2.24, 2.45) is 0 Å². The molecule has 1 fully saturated rings. The maximum Gasteiger partial charge on any atom is 0.211 e. The lowest BCUT2D eigenvalue weighted by molar-refractivity contribution is 0.386. The summed E-state index contributed by atoms with van der Waals surface area (Å²) in [6.07, 6.45) is 4.15. The first-order valence-corrected chi connectivity index (χ1v) is 16.0. The van der Waals surface area contributed by atoms with E-state index in [0.29, 0.717) is 32.1 Å². The third-order valence-electron chi connectivity index (χ3n) is 8.43. The highest BCUT2D eigenvalue weighted by Crippen LogP contribution is 2.36. The van der Waals surface area contributed by atoms with Gasteiger partial charge in [-0.15, -0.1) is 0 Å². The second-order valence-corrected chi connectivity index (χ2v) is 13.5. The number of fused-ring (bicyclic) bond motifs is 2. The predicted octanol–water partition coefficient (Wildman–Crippen LogP) is 5.01. The Bertz CT molecular complexity index is 1690. The number of nitrogens with one attached hydrogen (secondary N) is 1. The third kappa shape index (κ3) is 4.86. The van der Waals surface area contributed by atoms with Gasteiger partial charge >= 0.3 is 0 Å². The first-order valence-electron chi connectivity index (χ1n) is 14.1. The zero-order chi connectivity index (χ0) is 28.2. The molecule has 9 heteroatoms. The van der Waals surface area contributed by atoms with Gasteiger partial charge in [0.05, 0.1) is 11.9 Å². The van der Waals surface area contributed by atoms with E-state index in [-0.39, 0.29) is 0 Å². The van der Waals surface area contributed by atoms with E-state index in [2.05, 4.69) is 72.8 Å². The summed E-state index contributed by atoms with van der Waals surface area (Å²) in [5.74, 6) is 2.13. The van der Waals surface area contributed by atoms with Crippen molar-refractivity contribution < 1.29 is 8.42 Å². The molecule has 8 nitrogen and oxygen atoms in total. The van der Waals surface area contributed by atoms with Gasteiger partial charge in [-0.2, -0.15) is 4.31 Å². The van der Waals surface area contributed by atoms with E-state index in [1.807, 2.05) is 12.3 Å². The second kappa shape index (κ2) is 10.2. The zero-order valence-corrected chi connectivity index (χ0v) is 24.8. The Hall–Kier alpha value is -3.43. The van der Waals surface area contributed by atoms with Crippen molar-refractivity contribution in [1.82, 2.24) is 19.3 Å². The first-order chi connectivity index (χ1) is 19.1. The van der Waals surface area contributed by atoms with Gasteiger partial charge < -0.3 is 14.8 Å². The number of anilines is 2. The Kier molecular flexibility index (Phi) is 6.82. The van der Waals surface area contributed by atoms with Crippen LogP contribution >= 0.6 is 0 Å². The van der Waals surface area contributed by atoms with Crippen molar-refractivity contribution in [3.8, 4) is 11.4 Å². The van der Waals surface area contributed by atoms with Crippen LogP contribution in [0.1, 0.15) is 47.7 Å². The molecule has 2 aliphatic heterocycles. The van der Waals surface area contributed by atoms with Gasteiger partial charge in [0.15, 0.2) is 5.82 Å². The fraction of sp³-hybridized carbons (Fsp3) is 0.419. The van der Waals surface area contributed by atoms with Gasteiger partial charge in [0.25, 0.3) is 0 Å². The number of nitrogens with zero attached hydrogens (tertiary/aromatic N) is 5. The van der Waals surface area contributed by atoms with Gasteiger partial charge in [-0.3, -0.25) is 0 Å². The van der Waals surface area contributed by atoms with E-state index >= 15 is 0 Å². The van der Waals surface area contributed by atoms with E-state index in [9.17, 15) is 8.42 Å². The molecule has 0 radical (unpaired) electrons. The minimum Gasteiger partial charge on any atom is -0.366 e. The van der Waals surface area contributed by atoms with Gasteiger partial charge in [0, 0.05) is 79.6 Å². The van der Waals surface area contributed by atoms with E-state index < -0.39 is 10.0 Å². The number of aromatic amines is 1. The highest BCUT2D eigenvalue weighted by Gasteiger charge is 2.30. The third-order valence-corrected chi connectivity index (χ3v) is 9.73. The lowest BCUT2D eigenvalue weighted by Gasteiger charge is -2.38. The normalized spacial score (nSPS) is 16.6. The van der Waals surface area contributed by atoms with Gasteiger partial charge in [-0.1, -0.05) is 38.1 Å². The Morgan fingerprint density at radius 3 is 2.42 bits per heavy atom. The fourth-order valence-electron chi connectivity index (χ4n) is 6.08. The van der Waals surface area contributed by atoms with Gasteiger partial charge in [-0.05, 0) is 48.6 Å². The summed E-state index contributed by atoms with van der Waals surface area (Å²) < 4.78 is 26.0. The van der Waals surface area contributed by atoms with E-state index in [4.69, 9.17) is 9.97 Å². The van der Waals surface area contributed by atoms with Crippen molar-refractivity contribution in [2.45, 2.75) is 46.6 Å². The summed E-state index contributed by atoms with van der Waals surface area (Å²) in [7, 11) is -3.22. The smallest absolute Gasteiger partial charge is 0.211 e. The van der Waals surface area contributed by atoms with Crippen molar-refractivity contribution >= 4 is 32.4 Å². The van der Waals surface area contributed by atoms with Crippen LogP contribution in [0.4, 0.5) is 11.5 Å². The van der Waals surface area contributed by atoms with Crippen LogP contribution in [0.3, 0.4) is 0 Å². The highest BCUT2D eigenvalue weighted by atomic mass is 32.2. The molecule has 210 valence electrons. The average Bonchev–Trinajstić information content (AvgIpc) is 3.32. The van der Waals surface area contributed by atoms with Gasteiger partial charge in [0.1, 0.15) is 5.82 Å². The minimum absolute atomic E-state index is 0.457. The Balaban J connectivity index is 1.44. The molecular formula is C31H38N6O2S. The van der Waals surface area contributed by atoms with Crippen LogP contribution in [0.2, 0.25) is 0 Å². The number of H-pyrrole nitrogens is 1. The molecule has 0 unspecified atom stereocenters. The number of rotatable bonds is 5. The predicted molar refractivity (Wildman–Crippen MR) is 163 cm³/mol. The summed E-state index contributed by atoms with van der Waals surface area (Å²) >= 11 is 0. The standard InChI is InChI=1S/C31H38N6O2S/c1-20(2)23-10-9-21(3)28(17-23)36-12-11-26-25(19-36)31(35-13-15-37(16-14-35)40(5,38)39)34-30(33-26)24-7-6-8-27-29(24)22(4)18-32-27/h6-10,17-18,20,32H,11-16,19H2,1-5H3. The molecule has 40 heavy (non-hydrogen) atoms. The molecule has 0 aliphatic carbocycles. The molecule has 2 aromatic carbocycles. The van der Waals surface area contributed by atoms with Crippen LogP contribution in [0, 0.1) is 13.8 Å². The molecule has 0 atom stereocenters. The van der Waals surface area contributed by atoms with Crippen LogP contribution in [0.15, 0.2) is 42.6 Å². The van der Waals surface area contributed by atoms with Gasteiger partial charge in [0.2, 0.25) is 10.0 Å². The molecule has 2 aromatic heterocycles. The maximum absolute atomic E-state index is 12.2. The molecule has 2 aliphatic rings. The molecule has 1 N–H and O–H groups in total. The van der Waals surface area contributed by atoms with Crippen LogP contribution in [-0.4, -0.2) is 66.7 Å². The Morgan fingerprint density at radius 2 is 1.70 bits per heavy atom. The monoisotopic (exact) mass is 558 g/mol. The summed E-state index contributed by atoms with van der Waals surface area (Å²) in [6, 6.07) is 13.0. The molecule has 6 rings (SSSR count). The number of aryl methyl sites for hydroxylation is 2. The SMILES string of the molecule is Cc1ccc(C(C)C)cc1N1CCc2nc(-c3cccc4[nH]cc(C)c34)nc(N3CCN(S(C)(=O)=O)CC3)c2C1. The number of hydrogen-bond donors (Lipinski definition) is 1. The molecular weight excluding hydrogens is 520 g/mol. The second-order valence-electron chi connectivity index (χ2n) is 11.5. The summed E-state index contributed by atoms with van der Waals surface area (Å²) in [6.45, 7) is 12.5. The average molecular weight is 559 g/mol. The number of aromatic nitrogens is 3. The molecule has 4 aromatic rings. The van der Waals surface area contributed by atoms with E-state index in [1.54, 1.807) is 4.31 Å². The fourth-order valence-corrected chi connectivity index (χ4v) is 6.91. The number of sulfonamides is 1. The number of hydrogen-bond acceptors (Lipinski definition) is 6. The summed E-state index contributed by atoms with van der Waals surface area (Å²) in [5, 5.41) is 1.15. The maximum atomic E-state index is 12.2. The Labute approximate surface area is 237 Å². The topological polar surface area (TPSA) is 85.4 Å². The van der Waals surface area contributed by atoms with Crippen molar-refractivity contribution in [3.05, 3.63) is 70.5 Å². The van der Waals surface area contributed by atoms with Crippen molar-refractivity contribution in [1.29, 1.82) is 0 Å². The minimum atomic E-state index is -3.22. The van der Waals surface area contributed by atoms with Crippen LogP contribution in [0.5, 0.6) is 0 Å². The summed E-state index contributed by atoms with van der Waals surface area (Å²) in [4.78, 5) is 18.5. The lowest BCUT2D eigenvalue weighted by Crippen LogP contribution is -2.49. The highest BCUT2D eigenvalue weighted by molar-refractivity contribution is 7.88. The molecule has 0 saturated carbocycles. The molecule has 1 saturated heterocycles. The van der Waals surface area contributed by atoms with E-state index in [1.165, 1.54) is 28.6 Å². The molecule has 4 heterocycles. The van der Waals surface area contributed by atoms with Crippen LogP contribution < -0.4 is 9.80 Å². The van der Waals surface area contributed by atoms with Crippen LogP contribution in [0.25, 0.3) is 22.3 Å². The number of benzene rings is 2. The molecule has 0 spiro atoms. The largest absolute Gasteiger partial charge is 0.366 e. The molecule has 0 amide bonds. The quantitative estimate of drug-likeness (QED) is 0.371.